The van der Waals surface area contributed by atoms with Crippen molar-refractivity contribution in [3.8, 4) is 0 Å². The van der Waals surface area contributed by atoms with Gasteiger partial charge in [0.05, 0.1) is 12.4 Å². The summed E-state index contributed by atoms with van der Waals surface area (Å²) in [6.45, 7) is 9.00. The molecule has 0 saturated carbocycles. The van der Waals surface area contributed by atoms with Gasteiger partial charge in [-0.3, -0.25) is 4.79 Å². The molecule has 0 radical (unpaired) electrons. The first-order chi connectivity index (χ1) is 9.72. The topological polar surface area (TPSA) is 58.1 Å². The first-order valence-corrected chi connectivity index (χ1v) is 7.58. The molecule has 0 spiro atoms. The van der Waals surface area contributed by atoms with Crippen molar-refractivity contribution in [3.63, 3.8) is 0 Å². The quantitative estimate of drug-likeness (QED) is 0.705. The number of nitrogens with zero attached hydrogens (tertiary/aromatic N) is 3. The van der Waals surface area contributed by atoms with E-state index in [1.54, 1.807) is 12.4 Å². The van der Waals surface area contributed by atoms with Crippen LogP contribution in [0.25, 0.3) is 0 Å². The maximum atomic E-state index is 11.8. The predicted molar refractivity (Wildman–Crippen MR) is 82.1 cm³/mol. The summed E-state index contributed by atoms with van der Waals surface area (Å²) in [5.74, 6) is 0.703. The molecule has 112 valence electrons. The highest BCUT2D eigenvalue weighted by Gasteiger charge is 2.10. The van der Waals surface area contributed by atoms with Gasteiger partial charge in [-0.2, -0.15) is 0 Å². The molecule has 5 heteroatoms. The van der Waals surface area contributed by atoms with Crippen molar-refractivity contribution >= 4 is 11.7 Å². The van der Waals surface area contributed by atoms with Crippen LogP contribution in [-0.4, -0.2) is 35.5 Å². The Morgan fingerprint density at radius 1 is 1.10 bits per heavy atom. The van der Waals surface area contributed by atoms with Crippen molar-refractivity contribution in [2.45, 2.75) is 46.5 Å². The number of carbonyl (C=O) groups is 1. The summed E-state index contributed by atoms with van der Waals surface area (Å²) in [5.41, 5.74) is 0.387. The maximum Gasteiger partial charge on any atom is 0.271 e. The van der Waals surface area contributed by atoms with Crippen molar-refractivity contribution in [1.82, 2.24) is 15.3 Å². The third-order valence-corrected chi connectivity index (χ3v) is 3.00. The van der Waals surface area contributed by atoms with E-state index >= 15 is 0 Å². The van der Waals surface area contributed by atoms with Crippen molar-refractivity contribution in [1.29, 1.82) is 0 Å². The molecule has 1 aromatic heterocycles. The van der Waals surface area contributed by atoms with Gasteiger partial charge in [-0.1, -0.05) is 27.2 Å². The molecule has 1 aromatic rings. The summed E-state index contributed by atoms with van der Waals surface area (Å²) in [6.07, 6.45) is 7.45. The minimum atomic E-state index is -0.143. The van der Waals surface area contributed by atoms with Gasteiger partial charge in [0.1, 0.15) is 11.5 Å². The normalized spacial score (nSPS) is 10.3. The van der Waals surface area contributed by atoms with Crippen LogP contribution < -0.4 is 10.2 Å². The van der Waals surface area contributed by atoms with E-state index in [1.807, 2.05) is 0 Å². The number of amides is 1. The molecule has 0 atom stereocenters. The van der Waals surface area contributed by atoms with E-state index in [-0.39, 0.29) is 5.91 Å². The standard InChI is InChI=1S/C15H26N4O/c1-4-7-8-16-15(20)13-11-18-14(12-17-13)19(9-5-2)10-6-3/h11-12H,4-10H2,1-3H3,(H,16,20). The van der Waals surface area contributed by atoms with Crippen molar-refractivity contribution < 1.29 is 4.79 Å². The van der Waals surface area contributed by atoms with Crippen molar-refractivity contribution in [3.05, 3.63) is 18.1 Å². The molecular formula is C15H26N4O. The van der Waals surface area contributed by atoms with Crippen LogP contribution in [0.2, 0.25) is 0 Å². The van der Waals surface area contributed by atoms with Gasteiger partial charge in [-0.05, 0) is 19.3 Å². The zero-order valence-electron chi connectivity index (χ0n) is 12.9. The molecule has 0 unspecified atom stereocenters. The van der Waals surface area contributed by atoms with Gasteiger partial charge in [0.15, 0.2) is 0 Å². The number of carbonyl (C=O) groups excluding carboxylic acids is 1. The average molecular weight is 278 g/mol. The molecule has 0 fully saturated rings. The molecule has 1 N–H and O–H groups in total. The fourth-order valence-corrected chi connectivity index (χ4v) is 1.95. The van der Waals surface area contributed by atoms with E-state index in [1.165, 1.54) is 0 Å². The molecule has 1 rings (SSSR count). The summed E-state index contributed by atoms with van der Waals surface area (Å²) in [5, 5.41) is 2.84. The van der Waals surface area contributed by atoms with E-state index in [0.29, 0.717) is 12.2 Å². The number of nitrogens with one attached hydrogen (secondary N) is 1. The van der Waals surface area contributed by atoms with E-state index in [9.17, 15) is 4.79 Å². The Kier molecular flexibility index (Phi) is 7.62. The first kappa shape index (κ1) is 16.4. The Labute approximate surface area is 121 Å². The molecule has 1 heterocycles. The van der Waals surface area contributed by atoms with Crippen molar-refractivity contribution in [2.75, 3.05) is 24.5 Å². The minimum absolute atomic E-state index is 0.143. The Bertz CT molecular complexity index is 385. The lowest BCUT2D eigenvalue weighted by molar-refractivity contribution is 0.0948. The highest BCUT2D eigenvalue weighted by atomic mass is 16.1. The molecular weight excluding hydrogens is 252 g/mol. The van der Waals surface area contributed by atoms with Crippen LogP contribution in [0.5, 0.6) is 0 Å². The second-order valence-electron chi connectivity index (χ2n) is 4.86. The molecule has 1 amide bonds. The Hall–Kier alpha value is -1.65. The SMILES string of the molecule is CCCCNC(=O)c1cnc(N(CCC)CCC)cn1. The van der Waals surface area contributed by atoms with E-state index in [4.69, 9.17) is 0 Å². The van der Waals surface area contributed by atoms with Crippen LogP contribution in [-0.2, 0) is 0 Å². The molecule has 0 aliphatic heterocycles. The Balaban J connectivity index is 2.64. The van der Waals surface area contributed by atoms with E-state index in [0.717, 1.165) is 44.6 Å². The van der Waals surface area contributed by atoms with Crippen LogP contribution in [0.3, 0.4) is 0 Å². The molecule has 0 aromatic carbocycles. The summed E-state index contributed by atoms with van der Waals surface area (Å²) < 4.78 is 0. The average Bonchev–Trinajstić information content (AvgIpc) is 2.47. The largest absolute Gasteiger partial charge is 0.355 e. The minimum Gasteiger partial charge on any atom is -0.355 e. The highest BCUT2D eigenvalue weighted by molar-refractivity contribution is 5.91. The summed E-state index contributed by atoms with van der Waals surface area (Å²) in [4.78, 5) is 22.6. The van der Waals surface area contributed by atoms with Gasteiger partial charge in [0.2, 0.25) is 0 Å². The van der Waals surface area contributed by atoms with Gasteiger partial charge in [0.25, 0.3) is 5.91 Å². The summed E-state index contributed by atoms with van der Waals surface area (Å²) in [7, 11) is 0. The third-order valence-electron chi connectivity index (χ3n) is 3.00. The summed E-state index contributed by atoms with van der Waals surface area (Å²) >= 11 is 0. The number of hydrogen-bond acceptors (Lipinski definition) is 4. The molecule has 0 saturated heterocycles. The molecule has 20 heavy (non-hydrogen) atoms. The molecule has 0 bridgehead atoms. The zero-order chi connectivity index (χ0) is 14.8. The van der Waals surface area contributed by atoms with E-state index in [2.05, 4.69) is 41.0 Å². The van der Waals surface area contributed by atoms with Gasteiger partial charge in [-0.15, -0.1) is 0 Å². The second-order valence-corrected chi connectivity index (χ2v) is 4.86. The van der Waals surface area contributed by atoms with Gasteiger partial charge >= 0.3 is 0 Å². The van der Waals surface area contributed by atoms with E-state index < -0.39 is 0 Å². The molecule has 0 aliphatic carbocycles. The van der Waals surface area contributed by atoms with Crippen LogP contribution in [0.1, 0.15) is 56.9 Å². The van der Waals surface area contributed by atoms with Crippen LogP contribution >= 0.6 is 0 Å². The Morgan fingerprint density at radius 2 is 1.80 bits per heavy atom. The zero-order valence-corrected chi connectivity index (χ0v) is 12.9. The van der Waals surface area contributed by atoms with Gasteiger partial charge < -0.3 is 10.2 Å². The number of anilines is 1. The number of rotatable bonds is 9. The lowest BCUT2D eigenvalue weighted by Gasteiger charge is -2.22. The second kappa shape index (κ2) is 9.28. The first-order valence-electron chi connectivity index (χ1n) is 7.58. The third kappa shape index (κ3) is 5.15. The van der Waals surface area contributed by atoms with Gasteiger partial charge in [-0.25, -0.2) is 9.97 Å². The lowest BCUT2D eigenvalue weighted by atomic mass is 10.3. The Morgan fingerprint density at radius 3 is 2.30 bits per heavy atom. The van der Waals surface area contributed by atoms with Crippen LogP contribution in [0.4, 0.5) is 5.82 Å². The number of unbranched alkanes of at least 4 members (excludes halogenated alkanes) is 1. The number of hydrogen-bond donors (Lipinski definition) is 1. The fourth-order valence-electron chi connectivity index (χ4n) is 1.95. The lowest BCUT2D eigenvalue weighted by Crippen LogP contribution is -2.28. The highest BCUT2D eigenvalue weighted by Crippen LogP contribution is 2.10. The van der Waals surface area contributed by atoms with Crippen LogP contribution in [0.15, 0.2) is 12.4 Å². The molecule has 0 aliphatic rings. The molecule has 5 nitrogen and oxygen atoms in total. The fraction of sp³-hybridized carbons (Fsp3) is 0.667. The number of aromatic nitrogens is 2. The maximum absolute atomic E-state index is 11.8. The monoisotopic (exact) mass is 278 g/mol. The predicted octanol–water partition coefficient (Wildman–Crippen LogP) is 2.63. The van der Waals surface area contributed by atoms with Gasteiger partial charge in [0, 0.05) is 19.6 Å². The van der Waals surface area contributed by atoms with Crippen LogP contribution in [0, 0.1) is 0 Å². The summed E-state index contributed by atoms with van der Waals surface area (Å²) in [6, 6.07) is 0. The smallest absolute Gasteiger partial charge is 0.271 e. The van der Waals surface area contributed by atoms with Crippen molar-refractivity contribution in [2.24, 2.45) is 0 Å².